The van der Waals surface area contributed by atoms with Gasteiger partial charge in [0.1, 0.15) is 0 Å². The maximum Gasteiger partial charge on any atom is 0.418 e. The van der Waals surface area contributed by atoms with Gasteiger partial charge in [0.25, 0.3) is 17.7 Å². The highest BCUT2D eigenvalue weighted by atomic mass is 19.4. The molecule has 2 aromatic rings. The Morgan fingerprint density at radius 3 is 2.12 bits per heavy atom. The molecule has 0 unspecified atom stereocenters. The number of rotatable bonds is 9. The summed E-state index contributed by atoms with van der Waals surface area (Å²) < 4.78 is 43.7. The molecule has 1 N–H and O–H groups in total. The second-order valence-electron chi connectivity index (χ2n) is 7.37. The Labute approximate surface area is 187 Å². The lowest BCUT2D eigenvalue weighted by atomic mass is 10.1. The van der Waals surface area contributed by atoms with Gasteiger partial charge in [0.2, 0.25) is 0 Å². The monoisotopic (exact) mass is 462 g/mol. The molecule has 33 heavy (non-hydrogen) atoms. The average molecular weight is 462 g/mol. The summed E-state index contributed by atoms with van der Waals surface area (Å²) in [6, 6.07) is 11.1. The van der Waals surface area contributed by atoms with E-state index in [1.807, 2.05) is 0 Å². The summed E-state index contributed by atoms with van der Waals surface area (Å²) in [6.07, 6.45) is -3.20. The zero-order valence-corrected chi connectivity index (χ0v) is 17.5. The molecule has 1 aliphatic heterocycles. The molecule has 0 radical (unpaired) electrons. The molecule has 0 saturated heterocycles. The Morgan fingerprint density at radius 2 is 1.48 bits per heavy atom. The fourth-order valence-electron chi connectivity index (χ4n) is 3.40. The first-order chi connectivity index (χ1) is 15.7. The summed E-state index contributed by atoms with van der Waals surface area (Å²) in [7, 11) is 0. The number of amides is 3. The smallest absolute Gasteiger partial charge is 0.418 e. The normalized spacial score (nSPS) is 13.1. The van der Waals surface area contributed by atoms with Gasteiger partial charge in [-0.05, 0) is 37.1 Å². The number of unbranched alkanes of at least 4 members (excludes halogenated alkanes) is 2. The number of hydrogen-bond donors (Lipinski definition) is 1. The predicted molar refractivity (Wildman–Crippen MR) is 111 cm³/mol. The Morgan fingerprint density at radius 1 is 0.879 bits per heavy atom. The van der Waals surface area contributed by atoms with E-state index in [2.05, 4.69) is 5.32 Å². The van der Waals surface area contributed by atoms with Gasteiger partial charge in [-0.15, -0.1) is 0 Å². The molecular weight excluding hydrogens is 441 g/mol. The molecule has 0 aromatic heterocycles. The third-order valence-corrected chi connectivity index (χ3v) is 5.01. The summed E-state index contributed by atoms with van der Waals surface area (Å²) >= 11 is 0. The van der Waals surface area contributed by atoms with Gasteiger partial charge in [0.05, 0.1) is 22.4 Å². The van der Waals surface area contributed by atoms with Crippen molar-refractivity contribution in [2.75, 3.05) is 18.5 Å². The zero-order chi connectivity index (χ0) is 24.0. The van der Waals surface area contributed by atoms with Crippen LogP contribution in [0.4, 0.5) is 18.9 Å². The number of hydrogen-bond acceptors (Lipinski definition) is 5. The number of carbonyl (C=O) groups excluding carboxylic acids is 4. The number of alkyl halides is 3. The topological polar surface area (TPSA) is 92.8 Å². The van der Waals surface area contributed by atoms with Gasteiger partial charge in [0, 0.05) is 13.0 Å². The zero-order valence-electron chi connectivity index (χ0n) is 17.5. The number of benzene rings is 2. The van der Waals surface area contributed by atoms with Crippen LogP contribution in [0, 0.1) is 0 Å². The number of anilines is 1. The van der Waals surface area contributed by atoms with Crippen molar-refractivity contribution in [2.45, 2.75) is 31.9 Å². The van der Waals surface area contributed by atoms with Crippen molar-refractivity contribution in [1.82, 2.24) is 4.90 Å². The molecule has 1 heterocycles. The second kappa shape index (κ2) is 10.3. The van der Waals surface area contributed by atoms with E-state index in [1.165, 1.54) is 17.0 Å². The van der Waals surface area contributed by atoms with Crippen LogP contribution in [0.5, 0.6) is 0 Å². The maximum absolute atomic E-state index is 12.9. The van der Waals surface area contributed by atoms with Crippen molar-refractivity contribution in [3.63, 3.8) is 0 Å². The van der Waals surface area contributed by atoms with Crippen LogP contribution in [-0.4, -0.2) is 41.7 Å². The van der Waals surface area contributed by atoms with E-state index in [1.54, 1.807) is 24.3 Å². The van der Waals surface area contributed by atoms with E-state index in [9.17, 15) is 32.3 Å². The SMILES string of the molecule is O=C(COC(=O)CCCCCN1C(=O)c2ccccc2C1=O)Nc1ccccc1C(F)(F)F. The van der Waals surface area contributed by atoms with Gasteiger partial charge in [-0.3, -0.25) is 24.1 Å². The van der Waals surface area contributed by atoms with Crippen molar-refractivity contribution in [3.8, 4) is 0 Å². The first kappa shape index (κ1) is 24.0. The molecule has 174 valence electrons. The van der Waals surface area contributed by atoms with Crippen molar-refractivity contribution in [3.05, 3.63) is 65.2 Å². The molecule has 0 atom stereocenters. The largest absolute Gasteiger partial charge is 0.456 e. The van der Waals surface area contributed by atoms with Crippen LogP contribution < -0.4 is 5.32 Å². The number of esters is 1. The number of nitrogens with zero attached hydrogens (tertiary/aromatic N) is 1. The number of nitrogens with one attached hydrogen (secondary N) is 1. The standard InChI is InChI=1S/C23H21F3N2O5/c24-23(25,26)17-10-5-6-11-18(17)27-19(29)14-33-20(30)12-2-1-7-13-28-21(31)15-8-3-4-9-16(15)22(28)32/h3-6,8-11H,1-2,7,12-14H2,(H,27,29). The Balaban J connectivity index is 1.34. The van der Waals surface area contributed by atoms with Gasteiger partial charge in [0.15, 0.2) is 6.61 Å². The number of ether oxygens (including phenoxy) is 1. The van der Waals surface area contributed by atoms with E-state index in [4.69, 9.17) is 4.74 Å². The Kier molecular flexibility index (Phi) is 7.47. The fraction of sp³-hybridized carbons (Fsp3) is 0.304. The van der Waals surface area contributed by atoms with Gasteiger partial charge >= 0.3 is 12.1 Å². The van der Waals surface area contributed by atoms with Gasteiger partial charge in [-0.25, -0.2) is 0 Å². The summed E-state index contributed by atoms with van der Waals surface area (Å²) in [4.78, 5) is 49.4. The molecule has 0 fully saturated rings. The highest BCUT2D eigenvalue weighted by Gasteiger charge is 2.35. The van der Waals surface area contributed by atoms with Crippen molar-refractivity contribution >= 4 is 29.4 Å². The second-order valence-corrected chi connectivity index (χ2v) is 7.37. The molecule has 7 nitrogen and oxygen atoms in total. The molecule has 3 amide bonds. The lowest BCUT2D eigenvalue weighted by Crippen LogP contribution is -2.30. The van der Waals surface area contributed by atoms with Crippen LogP contribution in [0.25, 0.3) is 0 Å². The minimum absolute atomic E-state index is 0.00542. The molecular formula is C23H21F3N2O5. The van der Waals surface area contributed by atoms with Crippen LogP contribution in [0.2, 0.25) is 0 Å². The van der Waals surface area contributed by atoms with Gasteiger partial charge < -0.3 is 10.1 Å². The number of imide groups is 1. The van der Waals surface area contributed by atoms with E-state index < -0.39 is 35.9 Å². The number of para-hydroxylation sites is 1. The lowest BCUT2D eigenvalue weighted by molar-refractivity contribution is -0.147. The van der Waals surface area contributed by atoms with Crippen LogP contribution in [-0.2, 0) is 20.5 Å². The summed E-state index contributed by atoms with van der Waals surface area (Å²) in [6.45, 7) is -0.484. The van der Waals surface area contributed by atoms with Gasteiger partial charge in [-0.1, -0.05) is 30.7 Å². The number of halogens is 3. The van der Waals surface area contributed by atoms with Crippen LogP contribution in [0.15, 0.2) is 48.5 Å². The van der Waals surface area contributed by atoms with E-state index >= 15 is 0 Å². The summed E-state index contributed by atoms with van der Waals surface area (Å²) in [5.41, 5.74) is -0.661. The first-order valence-corrected chi connectivity index (χ1v) is 10.3. The third-order valence-electron chi connectivity index (χ3n) is 5.01. The fourth-order valence-corrected chi connectivity index (χ4v) is 3.40. The highest BCUT2D eigenvalue weighted by Crippen LogP contribution is 2.34. The average Bonchev–Trinajstić information content (AvgIpc) is 3.02. The first-order valence-electron chi connectivity index (χ1n) is 10.3. The van der Waals surface area contributed by atoms with Gasteiger partial charge in [-0.2, -0.15) is 13.2 Å². The molecule has 0 bridgehead atoms. The molecule has 1 aliphatic rings. The van der Waals surface area contributed by atoms with E-state index in [0.29, 0.717) is 30.4 Å². The molecule has 2 aromatic carbocycles. The molecule has 0 saturated carbocycles. The minimum atomic E-state index is -4.63. The lowest BCUT2D eigenvalue weighted by Gasteiger charge is -2.14. The molecule has 10 heteroatoms. The summed E-state index contributed by atoms with van der Waals surface area (Å²) in [5.74, 6) is -2.23. The van der Waals surface area contributed by atoms with E-state index in [0.717, 1.165) is 12.1 Å². The van der Waals surface area contributed by atoms with Crippen LogP contribution >= 0.6 is 0 Å². The predicted octanol–water partition coefficient (Wildman–Crippen LogP) is 4.04. The highest BCUT2D eigenvalue weighted by molar-refractivity contribution is 6.21. The minimum Gasteiger partial charge on any atom is -0.456 e. The van der Waals surface area contributed by atoms with Crippen molar-refractivity contribution < 1.29 is 37.1 Å². The molecule has 3 rings (SSSR count). The maximum atomic E-state index is 12.9. The van der Waals surface area contributed by atoms with Crippen molar-refractivity contribution in [2.24, 2.45) is 0 Å². The van der Waals surface area contributed by atoms with Crippen LogP contribution in [0.1, 0.15) is 52.0 Å². The third kappa shape index (κ3) is 5.97. The van der Waals surface area contributed by atoms with E-state index in [-0.39, 0.29) is 24.8 Å². The number of fused-ring (bicyclic) bond motifs is 1. The molecule has 0 spiro atoms. The van der Waals surface area contributed by atoms with Crippen LogP contribution in [0.3, 0.4) is 0 Å². The Hall–Kier alpha value is -3.69. The Bertz CT molecular complexity index is 1030. The summed E-state index contributed by atoms with van der Waals surface area (Å²) in [5, 5.41) is 2.09. The molecule has 0 aliphatic carbocycles. The van der Waals surface area contributed by atoms with Crippen molar-refractivity contribution in [1.29, 1.82) is 0 Å². The number of carbonyl (C=O) groups is 4. The quantitative estimate of drug-likeness (QED) is 0.345.